The molecule has 4 N–H and O–H groups in total. The lowest BCUT2D eigenvalue weighted by Gasteiger charge is -2.11. The van der Waals surface area contributed by atoms with Crippen LogP contribution in [0.5, 0.6) is 0 Å². The first-order valence-corrected chi connectivity index (χ1v) is 6.43. The van der Waals surface area contributed by atoms with Gasteiger partial charge in [-0.3, -0.25) is 4.79 Å². The molecule has 2 rings (SSSR count). The molecule has 110 valence electrons. The topological polar surface area (TPSA) is 113 Å². The average molecular weight is 288 g/mol. The molecule has 0 saturated heterocycles. The van der Waals surface area contributed by atoms with Crippen LogP contribution in [-0.2, 0) is 9.53 Å². The highest BCUT2D eigenvalue weighted by atomic mass is 16.5. The van der Waals surface area contributed by atoms with E-state index >= 15 is 0 Å². The number of hydrogen-bond donors (Lipinski definition) is 2. The molecule has 0 saturated carbocycles. The highest BCUT2D eigenvalue weighted by molar-refractivity contribution is 5.90. The fourth-order valence-electron chi connectivity index (χ4n) is 1.80. The number of carbonyl (C=O) groups excluding carboxylic acids is 2. The summed E-state index contributed by atoms with van der Waals surface area (Å²) >= 11 is 0. The third kappa shape index (κ3) is 3.19. The minimum absolute atomic E-state index is 0.0814. The number of nitrogen functional groups attached to an aromatic ring is 1. The molecule has 0 radical (unpaired) electrons. The van der Waals surface area contributed by atoms with Crippen LogP contribution in [0, 0.1) is 0 Å². The van der Waals surface area contributed by atoms with Crippen molar-refractivity contribution in [1.29, 1.82) is 0 Å². The van der Waals surface area contributed by atoms with Crippen molar-refractivity contribution in [1.82, 2.24) is 9.78 Å². The van der Waals surface area contributed by atoms with Crippen molar-refractivity contribution < 1.29 is 14.3 Å². The van der Waals surface area contributed by atoms with E-state index in [4.69, 9.17) is 16.2 Å². The minimum Gasteiger partial charge on any atom is -0.448 e. The smallest absolute Gasteiger partial charge is 0.359 e. The lowest BCUT2D eigenvalue weighted by Crippen LogP contribution is -2.32. The average Bonchev–Trinajstić information content (AvgIpc) is 2.94. The zero-order valence-corrected chi connectivity index (χ0v) is 11.5. The maximum atomic E-state index is 11.9. The van der Waals surface area contributed by atoms with Crippen molar-refractivity contribution in [2.75, 3.05) is 5.73 Å². The number of para-hydroxylation sites is 2. The second-order valence-corrected chi connectivity index (χ2v) is 4.41. The quantitative estimate of drug-likeness (QED) is 0.626. The minimum atomic E-state index is -0.954. The number of anilines is 1. The predicted molar refractivity (Wildman–Crippen MR) is 76.7 cm³/mol. The van der Waals surface area contributed by atoms with E-state index < -0.39 is 18.0 Å². The van der Waals surface area contributed by atoms with Crippen molar-refractivity contribution in [2.24, 2.45) is 5.73 Å². The van der Waals surface area contributed by atoms with Crippen LogP contribution in [0.2, 0.25) is 0 Å². The summed E-state index contributed by atoms with van der Waals surface area (Å²) in [7, 11) is 0. The molecule has 0 aliphatic heterocycles. The number of primary amides is 1. The van der Waals surface area contributed by atoms with Crippen molar-refractivity contribution in [2.45, 2.75) is 19.4 Å². The van der Waals surface area contributed by atoms with Crippen LogP contribution in [0.15, 0.2) is 36.5 Å². The summed E-state index contributed by atoms with van der Waals surface area (Å²) in [4.78, 5) is 23.0. The van der Waals surface area contributed by atoms with Gasteiger partial charge in [0.1, 0.15) is 0 Å². The lowest BCUT2D eigenvalue weighted by atomic mass is 10.2. The monoisotopic (exact) mass is 288 g/mol. The largest absolute Gasteiger partial charge is 0.448 e. The van der Waals surface area contributed by atoms with Gasteiger partial charge in [-0.25, -0.2) is 9.48 Å². The van der Waals surface area contributed by atoms with Gasteiger partial charge in [0.25, 0.3) is 5.91 Å². The van der Waals surface area contributed by atoms with Crippen molar-refractivity contribution in [3.8, 4) is 5.69 Å². The number of rotatable bonds is 5. The SMILES string of the molecule is CCC(OC(=O)c1ccn(-c2ccccc2N)n1)C(N)=O. The molecule has 1 atom stereocenters. The summed E-state index contributed by atoms with van der Waals surface area (Å²) in [6, 6.07) is 8.61. The molecule has 7 heteroatoms. The second-order valence-electron chi connectivity index (χ2n) is 4.41. The molecule has 1 heterocycles. The van der Waals surface area contributed by atoms with E-state index in [1.54, 1.807) is 31.3 Å². The predicted octanol–water partition coefficient (Wildman–Crippen LogP) is 0.875. The van der Waals surface area contributed by atoms with E-state index in [0.29, 0.717) is 17.8 Å². The third-order valence-corrected chi connectivity index (χ3v) is 2.92. The third-order valence-electron chi connectivity index (χ3n) is 2.92. The molecule has 1 amide bonds. The van der Waals surface area contributed by atoms with Gasteiger partial charge in [-0.15, -0.1) is 0 Å². The van der Waals surface area contributed by atoms with E-state index in [0.717, 1.165) is 0 Å². The van der Waals surface area contributed by atoms with E-state index in [9.17, 15) is 9.59 Å². The van der Waals surface area contributed by atoms with Crippen LogP contribution in [-0.4, -0.2) is 27.8 Å². The zero-order valence-electron chi connectivity index (χ0n) is 11.5. The molecule has 1 aromatic carbocycles. The van der Waals surface area contributed by atoms with Crippen molar-refractivity contribution >= 4 is 17.6 Å². The highest BCUT2D eigenvalue weighted by Gasteiger charge is 2.21. The second kappa shape index (κ2) is 6.08. The number of carbonyl (C=O) groups is 2. The summed E-state index contributed by atoms with van der Waals surface area (Å²) in [5, 5.41) is 4.10. The molecular weight excluding hydrogens is 272 g/mol. The molecule has 2 aromatic rings. The first-order chi connectivity index (χ1) is 10.0. The molecule has 0 fully saturated rings. The zero-order chi connectivity index (χ0) is 15.4. The number of benzene rings is 1. The number of aromatic nitrogens is 2. The van der Waals surface area contributed by atoms with Crippen LogP contribution in [0.4, 0.5) is 5.69 Å². The van der Waals surface area contributed by atoms with Crippen LogP contribution in [0.1, 0.15) is 23.8 Å². The Kier molecular flexibility index (Phi) is 4.22. The van der Waals surface area contributed by atoms with Gasteiger partial charge in [0, 0.05) is 6.20 Å². The van der Waals surface area contributed by atoms with Crippen LogP contribution in [0.3, 0.4) is 0 Å². The summed E-state index contributed by atoms with van der Waals surface area (Å²) in [5.41, 5.74) is 12.2. The van der Waals surface area contributed by atoms with Crippen molar-refractivity contribution in [3.63, 3.8) is 0 Å². The number of hydrogen-bond acceptors (Lipinski definition) is 5. The first kappa shape index (κ1) is 14.6. The Morgan fingerprint density at radius 1 is 1.33 bits per heavy atom. The van der Waals surface area contributed by atoms with Crippen LogP contribution in [0.25, 0.3) is 5.69 Å². The summed E-state index contributed by atoms with van der Waals surface area (Å²) in [6.45, 7) is 1.70. The molecule has 0 aliphatic carbocycles. The summed E-state index contributed by atoms with van der Waals surface area (Å²) in [6.07, 6.45) is 0.949. The Labute approximate surface area is 121 Å². The van der Waals surface area contributed by atoms with Crippen molar-refractivity contribution in [3.05, 3.63) is 42.2 Å². The van der Waals surface area contributed by atoms with Gasteiger partial charge in [-0.1, -0.05) is 19.1 Å². The molecule has 21 heavy (non-hydrogen) atoms. The van der Waals surface area contributed by atoms with Gasteiger partial charge in [0.2, 0.25) is 0 Å². The lowest BCUT2D eigenvalue weighted by molar-refractivity contribution is -0.126. The normalized spacial score (nSPS) is 11.9. The fraction of sp³-hybridized carbons (Fsp3) is 0.214. The van der Waals surface area contributed by atoms with Gasteiger partial charge in [-0.05, 0) is 24.6 Å². The van der Waals surface area contributed by atoms with Gasteiger partial charge in [0.05, 0.1) is 11.4 Å². The molecule has 0 spiro atoms. The van der Waals surface area contributed by atoms with E-state index in [1.807, 2.05) is 6.07 Å². The number of nitrogens with two attached hydrogens (primary N) is 2. The van der Waals surface area contributed by atoms with Crippen LogP contribution >= 0.6 is 0 Å². The molecule has 7 nitrogen and oxygen atoms in total. The molecule has 0 bridgehead atoms. The van der Waals surface area contributed by atoms with Gasteiger partial charge >= 0.3 is 5.97 Å². The molecular formula is C14H16N4O3. The number of amides is 1. The van der Waals surface area contributed by atoms with E-state index in [1.165, 1.54) is 10.7 Å². The number of nitrogens with zero attached hydrogens (tertiary/aromatic N) is 2. The highest BCUT2D eigenvalue weighted by Crippen LogP contribution is 2.16. The first-order valence-electron chi connectivity index (χ1n) is 6.43. The number of ether oxygens (including phenoxy) is 1. The molecule has 0 aliphatic rings. The Bertz CT molecular complexity index is 666. The summed E-state index contributed by atoms with van der Waals surface area (Å²) in [5.74, 6) is -1.38. The van der Waals surface area contributed by atoms with E-state index in [2.05, 4.69) is 5.10 Å². The van der Waals surface area contributed by atoms with E-state index in [-0.39, 0.29) is 5.69 Å². The summed E-state index contributed by atoms with van der Waals surface area (Å²) < 4.78 is 6.48. The Hall–Kier alpha value is -2.83. The van der Waals surface area contributed by atoms with Gasteiger partial charge in [-0.2, -0.15) is 5.10 Å². The molecule has 1 aromatic heterocycles. The maximum absolute atomic E-state index is 11.9. The number of esters is 1. The Balaban J connectivity index is 2.18. The maximum Gasteiger partial charge on any atom is 0.359 e. The standard InChI is InChI=1S/C14H16N4O3/c1-2-12(13(16)19)21-14(20)10-7-8-18(17-10)11-6-4-3-5-9(11)15/h3-8,12H,2,15H2,1H3,(H2,16,19). The Morgan fingerprint density at radius 2 is 2.05 bits per heavy atom. The van der Waals surface area contributed by atoms with Gasteiger partial charge in [0.15, 0.2) is 11.8 Å². The van der Waals surface area contributed by atoms with Crippen LogP contribution < -0.4 is 11.5 Å². The Morgan fingerprint density at radius 3 is 2.67 bits per heavy atom. The fourth-order valence-corrected chi connectivity index (χ4v) is 1.80. The van der Waals surface area contributed by atoms with Gasteiger partial charge < -0.3 is 16.2 Å². The molecule has 1 unspecified atom stereocenters.